The average molecular weight is 283 g/mol. The predicted octanol–water partition coefficient (Wildman–Crippen LogP) is 0.603. The van der Waals surface area contributed by atoms with Crippen LogP contribution in [-0.4, -0.2) is 62.8 Å². The van der Waals surface area contributed by atoms with E-state index in [1.54, 1.807) is 0 Å². The molecule has 0 radical (unpaired) electrons. The van der Waals surface area contributed by atoms with Gasteiger partial charge in [-0.1, -0.05) is 6.92 Å². The molecule has 0 aliphatic carbocycles. The molecule has 2 saturated heterocycles. The molecule has 2 rings (SSSR count). The Morgan fingerprint density at radius 3 is 2.80 bits per heavy atom. The fourth-order valence-electron chi connectivity index (χ4n) is 3.07. The van der Waals surface area contributed by atoms with Crippen LogP contribution in [0.15, 0.2) is 0 Å². The maximum absolute atomic E-state index is 12.1. The summed E-state index contributed by atoms with van der Waals surface area (Å²) in [5.74, 6) is 0.863. The van der Waals surface area contributed by atoms with Gasteiger partial charge in [-0.2, -0.15) is 0 Å². The molecule has 0 spiro atoms. The van der Waals surface area contributed by atoms with E-state index in [0.29, 0.717) is 18.5 Å². The Bertz CT molecular complexity index is 287. The Morgan fingerprint density at radius 1 is 1.35 bits per heavy atom. The summed E-state index contributed by atoms with van der Waals surface area (Å²) in [6.45, 7) is 8.43. The molecule has 116 valence electrons. The van der Waals surface area contributed by atoms with Crippen molar-refractivity contribution >= 4 is 5.91 Å². The highest BCUT2D eigenvalue weighted by atomic mass is 16.5. The molecule has 0 aromatic rings. The molecule has 2 aliphatic rings. The SMILES string of the molecule is CCN(CC(=O)NC1CCOCC1)CC1CCCNC1. The second-order valence-corrected chi connectivity index (χ2v) is 5.99. The van der Waals surface area contributed by atoms with Gasteiger partial charge in [-0.15, -0.1) is 0 Å². The number of ether oxygens (including phenoxy) is 1. The summed E-state index contributed by atoms with van der Waals surface area (Å²) in [7, 11) is 0. The van der Waals surface area contributed by atoms with Crippen molar-refractivity contribution in [3.63, 3.8) is 0 Å². The summed E-state index contributed by atoms with van der Waals surface area (Å²) >= 11 is 0. The van der Waals surface area contributed by atoms with Crippen molar-refractivity contribution in [2.75, 3.05) is 45.9 Å². The lowest BCUT2D eigenvalue weighted by Crippen LogP contribution is -2.46. The largest absolute Gasteiger partial charge is 0.381 e. The highest BCUT2D eigenvalue weighted by molar-refractivity contribution is 5.78. The van der Waals surface area contributed by atoms with Crippen molar-refractivity contribution in [2.24, 2.45) is 5.92 Å². The van der Waals surface area contributed by atoms with Crippen LogP contribution in [0.1, 0.15) is 32.6 Å². The third-order valence-electron chi connectivity index (χ3n) is 4.32. The van der Waals surface area contributed by atoms with Crippen molar-refractivity contribution in [3.8, 4) is 0 Å². The van der Waals surface area contributed by atoms with Crippen molar-refractivity contribution in [2.45, 2.75) is 38.6 Å². The number of hydrogen-bond donors (Lipinski definition) is 2. The summed E-state index contributed by atoms with van der Waals surface area (Å²) in [4.78, 5) is 14.4. The molecule has 0 saturated carbocycles. The third kappa shape index (κ3) is 5.38. The minimum absolute atomic E-state index is 0.169. The minimum atomic E-state index is 0.169. The van der Waals surface area contributed by atoms with Gasteiger partial charge in [0.2, 0.25) is 5.91 Å². The van der Waals surface area contributed by atoms with E-state index >= 15 is 0 Å². The molecule has 2 fully saturated rings. The first kappa shape index (κ1) is 15.7. The predicted molar refractivity (Wildman–Crippen MR) is 79.7 cm³/mol. The van der Waals surface area contributed by atoms with Crippen LogP contribution in [-0.2, 0) is 9.53 Å². The smallest absolute Gasteiger partial charge is 0.234 e. The van der Waals surface area contributed by atoms with Gasteiger partial charge < -0.3 is 15.4 Å². The molecule has 5 heteroatoms. The van der Waals surface area contributed by atoms with E-state index in [9.17, 15) is 4.79 Å². The molecule has 0 bridgehead atoms. The summed E-state index contributed by atoms with van der Waals surface area (Å²) in [5, 5.41) is 6.59. The van der Waals surface area contributed by atoms with Crippen LogP contribution >= 0.6 is 0 Å². The molecule has 0 aromatic heterocycles. The first-order valence-electron chi connectivity index (χ1n) is 8.08. The Hall–Kier alpha value is -0.650. The highest BCUT2D eigenvalue weighted by Crippen LogP contribution is 2.12. The molecule has 2 heterocycles. The van der Waals surface area contributed by atoms with Gasteiger partial charge >= 0.3 is 0 Å². The van der Waals surface area contributed by atoms with Crippen LogP contribution in [0.25, 0.3) is 0 Å². The molecular weight excluding hydrogens is 254 g/mol. The Labute approximate surface area is 122 Å². The van der Waals surface area contributed by atoms with Gasteiger partial charge in [0.05, 0.1) is 6.54 Å². The van der Waals surface area contributed by atoms with E-state index in [4.69, 9.17) is 4.74 Å². The van der Waals surface area contributed by atoms with Crippen LogP contribution in [0.3, 0.4) is 0 Å². The van der Waals surface area contributed by atoms with E-state index < -0.39 is 0 Å². The Kier molecular flexibility index (Phi) is 6.76. The van der Waals surface area contributed by atoms with Crippen LogP contribution in [0.5, 0.6) is 0 Å². The monoisotopic (exact) mass is 283 g/mol. The minimum Gasteiger partial charge on any atom is -0.381 e. The molecule has 1 atom stereocenters. The van der Waals surface area contributed by atoms with Crippen LogP contribution in [0.2, 0.25) is 0 Å². The Morgan fingerprint density at radius 2 is 2.15 bits per heavy atom. The number of amides is 1. The first-order chi connectivity index (χ1) is 9.78. The fourth-order valence-corrected chi connectivity index (χ4v) is 3.07. The number of rotatable bonds is 6. The second kappa shape index (κ2) is 8.60. The quantitative estimate of drug-likeness (QED) is 0.750. The topological polar surface area (TPSA) is 53.6 Å². The van der Waals surface area contributed by atoms with E-state index in [-0.39, 0.29) is 5.91 Å². The van der Waals surface area contributed by atoms with Crippen LogP contribution in [0, 0.1) is 5.92 Å². The summed E-state index contributed by atoms with van der Waals surface area (Å²) < 4.78 is 5.32. The second-order valence-electron chi connectivity index (χ2n) is 5.99. The number of likely N-dealkylation sites (N-methyl/N-ethyl adjacent to an activating group) is 1. The molecule has 2 aliphatic heterocycles. The summed E-state index contributed by atoms with van der Waals surface area (Å²) in [5.41, 5.74) is 0. The lowest BCUT2D eigenvalue weighted by atomic mass is 9.99. The van der Waals surface area contributed by atoms with E-state index in [1.807, 2.05) is 0 Å². The van der Waals surface area contributed by atoms with Crippen LogP contribution < -0.4 is 10.6 Å². The van der Waals surface area contributed by atoms with Gasteiger partial charge in [0.1, 0.15) is 0 Å². The third-order valence-corrected chi connectivity index (χ3v) is 4.32. The molecule has 1 amide bonds. The van der Waals surface area contributed by atoms with E-state index in [1.165, 1.54) is 12.8 Å². The maximum atomic E-state index is 12.1. The molecule has 0 aromatic carbocycles. The number of carbonyl (C=O) groups excluding carboxylic acids is 1. The molecular formula is C15H29N3O2. The van der Waals surface area contributed by atoms with Crippen LogP contribution in [0.4, 0.5) is 0 Å². The molecule has 2 N–H and O–H groups in total. The fraction of sp³-hybridized carbons (Fsp3) is 0.933. The lowest BCUT2D eigenvalue weighted by Gasteiger charge is -2.30. The van der Waals surface area contributed by atoms with Crippen molar-refractivity contribution in [3.05, 3.63) is 0 Å². The maximum Gasteiger partial charge on any atom is 0.234 e. The number of piperidine rings is 1. The van der Waals surface area contributed by atoms with Gasteiger partial charge in [-0.25, -0.2) is 0 Å². The number of carbonyl (C=O) groups is 1. The van der Waals surface area contributed by atoms with Gasteiger partial charge in [0, 0.05) is 25.8 Å². The lowest BCUT2D eigenvalue weighted by molar-refractivity contribution is -0.123. The zero-order valence-corrected chi connectivity index (χ0v) is 12.7. The van der Waals surface area contributed by atoms with Gasteiger partial charge in [0.25, 0.3) is 0 Å². The van der Waals surface area contributed by atoms with E-state index in [2.05, 4.69) is 22.5 Å². The van der Waals surface area contributed by atoms with Crippen molar-refractivity contribution in [1.82, 2.24) is 15.5 Å². The molecule has 20 heavy (non-hydrogen) atoms. The normalized spacial score (nSPS) is 24.8. The van der Waals surface area contributed by atoms with Crippen molar-refractivity contribution in [1.29, 1.82) is 0 Å². The zero-order valence-electron chi connectivity index (χ0n) is 12.7. The average Bonchev–Trinajstić information content (AvgIpc) is 2.48. The number of nitrogens with one attached hydrogen (secondary N) is 2. The molecule has 1 unspecified atom stereocenters. The van der Waals surface area contributed by atoms with Gasteiger partial charge in [0.15, 0.2) is 0 Å². The van der Waals surface area contributed by atoms with Crippen molar-refractivity contribution < 1.29 is 9.53 Å². The van der Waals surface area contributed by atoms with Gasteiger partial charge in [-0.05, 0) is 51.2 Å². The first-order valence-corrected chi connectivity index (χ1v) is 8.08. The summed E-state index contributed by atoms with van der Waals surface area (Å²) in [6.07, 6.45) is 4.44. The Balaban J connectivity index is 1.69. The highest BCUT2D eigenvalue weighted by Gasteiger charge is 2.20. The number of hydrogen-bond acceptors (Lipinski definition) is 4. The standard InChI is InChI=1S/C15H29N3O2/c1-2-18(11-13-4-3-7-16-10-13)12-15(19)17-14-5-8-20-9-6-14/h13-14,16H,2-12H2,1H3,(H,17,19). The molecule has 5 nitrogen and oxygen atoms in total. The zero-order chi connectivity index (χ0) is 14.2. The summed E-state index contributed by atoms with van der Waals surface area (Å²) in [6, 6.07) is 0.311. The van der Waals surface area contributed by atoms with E-state index in [0.717, 1.165) is 52.2 Å². The number of nitrogens with zero attached hydrogens (tertiary/aromatic N) is 1. The van der Waals surface area contributed by atoms with Gasteiger partial charge in [-0.3, -0.25) is 9.69 Å².